The Kier molecular flexibility index (Phi) is 5.93. The molecule has 144 valence electrons. The molecule has 4 nitrogen and oxygen atoms in total. The molecule has 0 bridgehead atoms. The molecule has 0 unspecified atom stereocenters. The summed E-state index contributed by atoms with van der Waals surface area (Å²) in [5.74, 6) is -0.235. The summed E-state index contributed by atoms with van der Waals surface area (Å²) in [4.78, 5) is 19.6. The minimum atomic E-state index is -0.716. The van der Waals surface area contributed by atoms with Crippen LogP contribution in [0.3, 0.4) is 0 Å². The fraction of sp³-hybridized carbons (Fsp3) is 0.273. The van der Waals surface area contributed by atoms with Crippen molar-refractivity contribution >= 4 is 39.7 Å². The number of thiazole rings is 1. The highest BCUT2D eigenvalue weighted by Gasteiger charge is 2.18. The third-order valence-electron chi connectivity index (χ3n) is 4.89. The first-order valence-electron chi connectivity index (χ1n) is 9.51. The molecule has 1 N–H and O–H groups in total. The highest BCUT2D eigenvalue weighted by molar-refractivity contribution is 7.14. The second kappa shape index (κ2) is 8.76. The van der Waals surface area contributed by atoms with Crippen molar-refractivity contribution in [3.05, 3.63) is 65.5 Å². The van der Waals surface area contributed by atoms with Crippen LogP contribution in [0.15, 0.2) is 60.0 Å². The molecule has 0 saturated carbocycles. The molecule has 0 aliphatic carbocycles. The van der Waals surface area contributed by atoms with E-state index in [2.05, 4.69) is 15.6 Å². The van der Waals surface area contributed by atoms with Crippen LogP contribution in [-0.2, 0) is 4.79 Å². The summed E-state index contributed by atoms with van der Waals surface area (Å²) in [6.07, 6.45) is 3.80. The van der Waals surface area contributed by atoms with Crippen LogP contribution in [0.5, 0.6) is 0 Å². The van der Waals surface area contributed by atoms with E-state index in [1.165, 1.54) is 19.3 Å². The van der Waals surface area contributed by atoms with Crippen LogP contribution >= 0.6 is 22.9 Å². The standard InChI is InChI=1S/C22H22ClN3OS/c23-20(17-7-3-1-4-8-17)21(27)24-18-11-9-16(10-12-18)19-15-28-22(25-19)26-13-5-2-6-14-26/h1,3-4,7-12,15,20H,2,5-6,13-14H2,(H,24,27)/t20-/m0/s1. The summed E-state index contributed by atoms with van der Waals surface area (Å²) in [5.41, 5.74) is 3.53. The molecule has 1 aliphatic heterocycles. The highest BCUT2D eigenvalue weighted by atomic mass is 35.5. The number of anilines is 2. The number of amides is 1. The van der Waals surface area contributed by atoms with Crippen molar-refractivity contribution < 1.29 is 4.79 Å². The molecule has 2 heterocycles. The number of nitrogens with zero attached hydrogens (tertiary/aromatic N) is 2. The van der Waals surface area contributed by atoms with Gasteiger partial charge in [-0.1, -0.05) is 42.5 Å². The van der Waals surface area contributed by atoms with Gasteiger partial charge in [0.05, 0.1) is 5.69 Å². The largest absolute Gasteiger partial charge is 0.348 e. The maximum atomic E-state index is 12.4. The lowest BCUT2D eigenvalue weighted by Crippen LogP contribution is -2.29. The number of benzene rings is 2. The minimum absolute atomic E-state index is 0.235. The summed E-state index contributed by atoms with van der Waals surface area (Å²) in [5, 5.41) is 5.36. The van der Waals surface area contributed by atoms with Crippen molar-refractivity contribution in [3.63, 3.8) is 0 Å². The first-order valence-corrected chi connectivity index (χ1v) is 10.8. The zero-order valence-electron chi connectivity index (χ0n) is 15.5. The Bertz CT molecular complexity index is 920. The number of rotatable bonds is 5. The van der Waals surface area contributed by atoms with Crippen LogP contribution in [0.25, 0.3) is 11.3 Å². The van der Waals surface area contributed by atoms with Crippen LogP contribution in [-0.4, -0.2) is 24.0 Å². The van der Waals surface area contributed by atoms with E-state index in [9.17, 15) is 4.79 Å². The van der Waals surface area contributed by atoms with Gasteiger partial charge in [0.2, 0.25) is 5.91 Å². The smallest absolute Gasteiger partial charge is 0.246 e. The normalized spacial score (nSPS) is 15.2. The number of carbonyl (C=O) groups excluding carboxylic acids is 1. The highest BCUT2D eigenvalue weighted by Crippen LogP contribution is 2.30. The van der Waals surface area contributed by atoms with Gasteiger partial charge in [0.15, 0.2) is 5.13 Å². The number of hydrogen-bond donors (Lipinski definition) is 1. The molecule has 1 atom stereocenters. The number of hydrogen-bond acceptors (Lipinski definition) is 4. The Morgan fingerprint density at radius 2 is 1.75 bits per heavy atom. The van der Waals surface area contributed by atoms with Crippen molar-refractivity contribution in [2.75, 3.05) is 23.3 Å². The van der Waals surface area contributed by atoms with E-state index >= 15 is 0 Å². The van der Waals surface area contributed by atoms with Gasteiger partial charge >= 0.3 is 0 Å². The zero-order valence-corrected chi connectivity index (χ0v) is 17.0. The number of alkyl halides is 1. The first kappa shape index (κ1) is 19.0. The predicted molar refractivity (Wildman–Crippen MR) is 117 cm³/mol. The maximum absolute atomic E-state index is 12.4. The van der Waals surface area contributed by atoms with Gasteiger partial charge in [-0.3, -0.25) is 4.79 Å². The van der Waals surface area contributed by atoms with Gasteiger partial charge in [-0.15, -0.1) is 22.9 Å². The van der Waals surface area contributed by atoms with E-state index in [1.807, 2.05) is 54.6 Å². The zero-order chi connectivity index (χ0) is 19.3. The summed E-state index contributed by atoms with van der Waals surface area (Å²) in [6.45, 7) is 2.19. The topological polar surface area (TPSA) is 45.2 Å². The molecule has 0 radical (unpaired) electrons. The summed E-state index contributed by atoms with van der Waals surface area (Å²) in [7, 11) is 0. The number of piperidine rings is 1. The fourth-order valence-corrected chi connectivity index (χ4v) is 4.42. The molecule has 1 saturated heterocycles. The first-order chi connectivity index (χ1) is 13.7. The molecule has 1 amide bonds. The predicted octanol–water partition coefficient (Wildman–Crippen LogP) is 5.72. The lowest BCUT2D eigenvalue weighted by molar-refractivity contribution is -0.116. The van der Waals surface area contributed by atoms with Gasteiger partial charge in [-0.2, -0.15) is 0 Å². The molecule has 1 aromatic heterocycles. The monoisotopic (exact) mass is 411 g/mol. The van der Waals surface area contributed by atoms with Gasteiger partial charge in [-0.25, -0.2) is 4.98 Å². The van der Waals surface area contributed by atoms with Crippen LogP contribution < -0.4 is 10.2 Å². The van der Waals surface area contributed by atoms with E-state index in [1.54, 1.807) is 11.3 Å². The summed E-state index contributed by atoms with van der Waals surface area (Å²) < 4.78 is 0. The van der Waals surface area contributed by atoms with Gasteiger partial charge < -0.3 is 10.2 Å². The molecule has 2 aromatic carbocycles. The number of carbonyl (C=O) groups is 1. The Balaban J connectivity index is 1.41. The minimum Gasteiger partial charge on any atom is -0.348 e. The van der Waals surface area contributed by atoms with E-state index in [4.69, 9.17) is 16.6 Å². The Hall–Kier alpha value is -2.37. The molecule has 6 heteroatoms. The van der Waals surface area contributed by atoms with Crippen LogP contribution in [0, 0.1) is 0 Å². The molecule has 0 spiro atoms. The summed E-state index contributed by atoms with van der Waals surface area (Å²) >= 11 is 7.98. The molecular weight excluding hydrogens is 390 g/mol. The van der Waals surface area contributed by atoms with Crippen molar-refractivity contribution in [1.82, 2.24) is 4.98 Å². The lowest BCUT2D eigenvalue weighted by atomic mass is 10.1. The third kappa shape index (κ3) is 4.37. The molecule has 4 rings (SSSR count). The van der Waals surface area contributed by atoms with E-state index in [0.29, 0.717) is 0 Å². The van der Waals surface area contributed by atoms with E-state index in [-0.39, 0.29) is 5.91 Å². The average molecular weight is 412 g/mol. The summed E-state index contributed by atoms with van der Waals surface area (Å²) in [6, 6.07) is 17.1. The molecule has 1 fully saturated rings. The van der Waals surface area contributed by atoms with Gasteiger partial charge in [-0.05, 0) is 37.0 Å². The average Bonchev–Trinajstić information content (AvgIpc) is 3.25. The molecule has 3 aromatic rings. The van der Waals surface area contributed by atoms with Crippen molar-refractivity contribution in [1.29, 1.82) is 0 Å². The Morgan fingerprint density at radius 1 is 1.04 bits per heavy atom. The van der Waals surface area contributed by atoms with Crippen LogP contribution in [0.4, 0.5) is 10.8 Å². The second-order valence-electron chi connectivity index (χ2n) is 6.90. The van der Waals surface area contributed by atoms with Crippen LogP contribution in [0.2, 0.25) is 0 Å². The third-order valence-corrected chi connectivity index (χ3v) is 6.24. The maximum Gasteiger partial charge on any atom is 0.246 e. The quantitative estimate of drug-likeness (QED) is 0.546. The number of nitrogens with one attached hydrogen (secondary N) is 1. The molecular formula is C22H22ClN3OS. The van der Waals surface area contributed by atoms with Crippen molar-refractivity contribution in [2.45, 2.75) is 24.6 Å². The van der Waals surface area contributed by atoms with Gasteiger partial charge in [0.1, 0.15) is 5.38 Å². The van der Waals surface area contributed by atoms with Crippen LogP contribution in [0.1, 0.15) is 30.2 Å². The van der Waals surface area contributed by atoms with Gasteiger partial charge in [0.25, 0.3) is 0 Å². The van der Waals surface area contributed by atoms with E-state index < -0.39 is 5.38 Å². The van der Waals surface area contributed by atoms with E-state index in [0.717, 1.165) is 40.7 Å². The molecule has 1 aliphatic rings. The van der Waals surface area contributed by atoms with Crippen molar-refractivity contribution in [2.24, 2.45) is 0 Å². The van der Waals surface area contributed by atoms with Gasteiger partial charge in [0, 0.05) is 29.7 Å². The lowest BCUT2D eigenvalue weighted by Gasteiger charge is -2.25. The fourth-order valence-electron chi connectivity index (χ4n) is 3.33. The molecule has 28 heavy (non-hydrogen) atoms. The van der Waals surface area contributed by atoms with Crippen molar-refractivity contribution in [3.8, 4) is 11.3 Å². The number of halogens is 1. The SMILES string of the molecule is O=C(Nc1ccc(-c2csc(N3CCCCC3)n2)cc1)[C@@H](Cl)c1ccccc1. The Labute approximate surface area is 174 Å². The Morgan fingerprint density at radius 3 is 2.46 bits per heavy atom. The number of aromatic nitrogens is 1. The second-order valence-corrected chi connectivity index (χ2v) is 8.18.